The van der Waals surface area contributed by atoms with E-state index in [9.17, 15) is 0 Å². The first-order valence-electron chi connectivity index (χ1n) is 5.25. The molecule has 97 valence electrons. The quantitative estimate of drug-likeness (QED) is 0.806. The summed E-state index contributed by atoms with van der Waals surface area (Å²) in [5.41, 5.74) is 1.31. The number of aryl methyl sites for hydroxylation is 1. The second kappa shape index (κ2) is 7.74. The molecule has 2 aromatic rings. The van der Waals surface area contributed by atoms with Crippen molar-refractivity contribution in [2.45, 2.75) is 13.8 Å². The number of ether oxygens (including phenoxy) is 1. The van der Waals surface area contributed by atoms with Crippen LogP contribution in [0.1, 0.15) is 12.5 Å². The van der Waals surface area contributed by atoms with E-state index in [4.69, 9.17) is 14.6 Å². The molecule has 0 fully saturated rings. The van der Waals surface area contributed by atoms with Gasteiger partial charge in [0, 0.05) is 5.97 Å². The topological polar surface area (TPSA) is 49.4 Å². The van der Waals surface area contributed by atoms with Crippen LogP contribution in [0.15, 0.2) is 36.4 Å². The monoisotopic (exact) mass is 290 g/mol. The number of hydrogen-bond donors (Lipinski definition) is 0. The van der Waals surface area contributed by atoms with Crippen LogP contribution in [-0.2, 0) is 21.6 Å². The second-order valence-electron chi connectivity index (χ2n) is 3.65. The van der Waals surface area contributed by atoms with E-state index >= 15 is 0 Å². The van der Waals surface area contributed by atoms with Gasteiger partial charge in [-0.3, -0.25) is 0 Å². The Morgan fingerprint density at radius 2 is 1.83 bits per heavy atom. The molecule has 3 nitrogen and oxygen atoms in total. The van der Waals surface area contributed by atoms with Crippen molar-refractivity contribution in [1.82, 2.24) is 0 Å². The van der Waals surface area contributed by atoms with Gasteiger partial charge in [0.1, 0.15) is 5.75 Å². The minimum atomic E-state index is -1.08. The zero-order valence-electron chi connectivity index (χ0n) is 10.5. The van der Waals surface area contributed by atoms with Gasteiger partial charge >= 0.3 is 16.8 Å². The molecule has 1 radical (unpaired) electrons. The Hall–Kier alpha value is -1.52. The van der Waals surface area contributed by atoms with E-state index in [1.807, 2.05) is 6.07 Å². The number of benzene rings is 2. The van der Waals surface area contributed by atoms with Gasteiger partial charge in [-0.2, -0.15) is 0 Å². The molecule has 0 saturated heterocycles. The molecule has 2 aromatic carbocycles. The molecular formula is C14H15CoO3+. The fourth-order valence-electron chi connectivity index (χ4n) is 1.55. The third kappa shape index (κ3) is 4.77. The van der Waals surface area contributed by atoms with Crippen LogP contribution in [0.3, 0.4) is 0 Å². The van der Waals surface area contributed by atoms with Crippen LogP contribution in [0.4, 0.5) is 0 Å². The van der Waals surface area contributed by atoms with Crippen LogP contribution in [0, 0.1) is 6.92 Å². The predicted molar refractivity (Wildman–Crippen MR) is 65.9 cm³/mol. The summed E-state index contributed by atoms with van der Waals surface area (Å²) in [5.74, 6) is -0.168. The minimum Gasteiger partial charge on any atom is -0.550 e. The van der Waals surface area contributed by atoms with E-state index in [0.29, 0.717) is 0 Å². The van der Waals surface area contributed by atoms with Gasteiger partial charge in [0.2, 0.25) is 0 Å². The number of carboxylic acid groups (broad SMARTS) is 1. The van der Waals surface area contributed by atoms with E-state index in [1.165, 1.54) is 16.3 Å². The van der Waals surface area contributed by atoms with Crippen molar-refractivity contribution in [2.24, 2.45) is 0 Å². The number of rotatable bonds is 1. The third-order valence-corrected chi connectivity index (χ3v) is 2.31. The normalized spacial score (nSPS) is 8.83. The van der Waals surface area contributed by atoms with Gasteiger partial charge in [-0.05, 0) is 42.3 Å². The predicted octanol–water partition coefficient (Wildman–Crippen LogP) is 1.91. The van der Waals surface area contributed by atoms with Gasteiger partial charge in [0.15, 0.2) is 0 Å². The van der Waals surface area contributed by atoms with E-state index in [1.54, 1.807) is 7.11 Å². The molecule has 0 aliphatic carbocycles. The first kappa shape index (κ1) is 16.5. The third-order valence-electron chi connectivity index (χ3n) is 2.31. The van der Waals surface area contributed by atoms with Gasteiger partial charge in [-0.1, -0.05) is 24.3 Å². The summed E-state index contributed by atoms with van der Waals surface area (Å²) in [6, 6.07) is 12.4. The minimum absolute atomic E-state index is 0. The SMILES string of the molecule is CC(=O)[O-].COc1ccc2c(C)cccc2c1.[Co+2]. The Labute approximate surface area is 117 Å². The molecule has 0 aromatic heterocycles. The van der Waals surface area contributed by atoms with Crippen molar-refractivity contribution in [2.75, 3.05) is 7.11 Å². The molecule has 0 bridgehead atoms. The zero-order valence-corrected chi connectivity index (χ0v) is 11.6. The molecule has 0 amide bonds. The molecule has 0 atom stereocenters. The van der Waals surface area contributed by atoms with Crippen LogP contribution in [-0.4, -0.2) is 13.1 Å². The fourth-order valence-corrected chi connectivity index (χ4v) is 1.55. The molecule has 4 heteroatoms. The number of methoxy groups -OCH3 is 1. The summed E-state index contributed by atoms with van der Waals surface area (Å²) in [6.07, 6.45) is 0. The summed E-state index contributed by atoms with van der Waals surface area (Å²) in [7, 11) is 1.69. The van der Waals surface area contributed by atoms with Crippen LogP contribution in [0.5, 0.6) is 5.75 Å². The van der Waals surface area contributed by atoms with E-state index in [0.717, 1.165) is 12.7 Å². The van der Waals surface area contributed by atoms with Crippen LogP contribution in [0.2, 0.25) is 0 Å². The second-order valence-corrected chi connectivity index (χ2v) is 3.65. The molecule has 0 saturated carbocycles. The smallest absolute Gasteiger partial charge is 0.550 e. The first-order chi connectivity index (χ1) is 8.04. The molecule has 0 aliphatic rings. The standard InChI is InChI=1S/C12H12O.C2H4O2.Co/c1-9-4-3-5-10-8-11(13-2)6-7-12(9)10;1-2(3)4;/h3-8H,1-2H3;1H3,(H,3,4);/q;;+2/p-1. The molecule has 0 aliphatic heterocycles. The summed E-state index contributed by atoms with van der Waals surface area (Å²) in [4.78, 5) is 8.89. The van der Waals surface area contributed by atoms with Crippen LogP contribution in [0.25, 0.3) is 10.8 Å². The largest absolute Gasteiger partial charge is 2.00 e. The number of carbonyl (C=O) groups excluding carboxylic acids is 1. The maximum absolute atomic E-state index is 8.89. The summed E-state index contributed by atoms with van der Waals surface area (Å²) in [5, 5.41) is 11.4. The summed E-state index contributed by atoms with van der Waals surface area (Å²) >= 11 is 0. The van der Waals surface area contributed by atoms with Gasteiger partial charge in [-0.25, -0.2) is 0 Å². The maximum atomic E-state index is 8.89. The Morgan fingerprint density at radius 3 is 2.39 bits per heavy atom. The van der Waals surface area contributed by atoms with E-state index < -0.39 is 5.97 Å². The van der Waals surface area contributed by atoms with Crippen molar-refractivity contribution in [1.29, 1.82) is 0 Å². The Bertz CT molecular complexity index is 519. The van der Waals surface area contributed by atoms with Crippen molar-refractivity contribution in [3.63, 3.8) is 0 Å². The van der Waals surface area contributed by atoms with Crippen molar-refractivity contribution >= 4 is 16.7 Å². The Balaban J connectivity index is 0.000000512. The Morgan fingerprint density at radius 1 is 1.22 bits per heavy atom. The molecular weight excluding hydrogens is 275 g/mol. The number of carboxylic acids is 1. The van der Waals surface area contributed by atoms with Crippen molar-refractivity contribution in [3.8, 4) is 5.75 Å². The molecule has 0 N–H and O–H groups in total. The number of hydrogen-bond acceptors (Lipinski definition) is 3. The molecule has 0 unspecified atom stereocenters. The number of aliphatic carboxylic acids is 1. The fraction of sp³-hybridized carbons (Fsp3) is 0.214. The van der Waals surface area contributed by atoms with Crippen molar-refractivity contribution < 1.29 is 31.4 Å². The summed E-state index contributed by atoms with van der Waals surface area (Å²) < 4.78 is 5.16. The Kier molecular flexibility index (Phi) is 7.08. The van der Waals surface area contributed by atoms with Crippen LogP contribution < -0.4 is 9.84 Å². The van der Waals surface area contributed by atoms with E-state index in [2.05, 4.69) is 37.3 Å². The number of fused-ring (bicyclic) bond motifs is 1. The average molecular weight is 290 g/mol. The summed E-state index contributed by atoms with van der Waals surface area (Å²) in [6.45, 7) is 3.09. The maximum Gasteiger partial charge on any atom is 2.00 e. The number of carbonyl (C=O) groups is 1. The zero-order chi connectivity index (χ0) is 12.8. The molecule has 18 heavy (non-hydrogen) atoms. The van der Waals surface area contributed by atoms with Crippen LogP contribution >= 0.6 is 0 Å². The van der Waals surface area contributed by atoms with Crippen molar-refractivity contribution in [3.05, 3.63) is 42.0 Å². The molecule has 0 heterocycles. The van der Waals surface area contributed by atoms with E-state index in [-0.39, 0.29) is 16.8 Å². The first-order valence-corrected chi connectivity index (χ1v) is 5.25. The van der Waals surface area contributed by atoms with Gasteiger partial charge in [-0.15, -0.1) is 0 Å². The average Bonchev–Trinajstić information content (AvgIpc) is 2.28. The van der Waals surface area contributed by atoms with Gasteiger partial charge < -0.3 is 14.6 Å². The van der Waals surface area contributed by atoms with Gasteiger partial charge in [0.25, 0.3) is 0 Å². The molecule has 0 spiro atoms. The molecule has 2 rings (SSSR count). The van der Waals surface area contributed by atoms with Gasteiger partial charge in [0.05, 0.1) is 7.11 Å².